The zero-order valence-corrected chi connectivity index (χ0v) is 11.5. The molecular weight excluding hydrogens is 226 g/mol. The van der Waals surface area contributed by atoms with Gasteiger partial charge in [0.1, 0.15) is 5.75 Å². The molecule has 0 saturated carbocycles. The Kier molecular flexibility index (Phi) is 3.44. The van der Waals surface area contributed by atoms with Gasteiger partial charge in [0, 0.05) is 23.4 Å². The molecule has 2 rings (SSSR count). The first-order valence-corrected chi connectivity index (χ1v) is 6.42. The fraction of sp³-hybridized carbons (Fsp3) is 0.533. The minimum atomic E-state index is -0.0213. The van der Waals surface area contributed by atoms with E-state index in [2.05, 4.69) is 19.2 Å². The molecule has 0 bridgehead atoms. The van der Waals surface area contributed by atoms with Gasteiger partial charge in [-0.15, -0.1) is 0 Å². The van der Waals surface area contributed by atoms with Crippen LogP contribution in [0.5, 0.6) is 5.75 Å². The van der Waals surface area contributed by atoms with Crippen molar-refractivity contribution >= 4 is 5.78 Å². The van der Waals surface area contributed by atoms with Crippen LogP contribution in [0.1, 0.15) is 42.6 Å². The van der Waals surface area contributed by atoms with E-state index in [1.54, 1.807) is 7.11 Å². The number of carbonyl (C=O) groups is 1. The van der Waals surface area contributed by atoms with Crippen LogP contribution in [-0.4, -0.2) is 26.0 Å². The molecule has 3 heteroatoms. The molecule has 1 aliphatic carbocycles. The van der Waals surface area contributed by atoms with E-state index in [0.717, 1.165) is 23.3 Å². The van der Waals surface area contributed by atoms with Crippen LogP contribution < -0.4 is 10.1 Å². The molecule has 0 aliphatic heterocycles. The molecule has 0 spiro atoms. The second kappa shape index (κ2) is 4.73. The van der Waals surface area contributed by atoms with Gasteiger partial charge in [-0.1, -0.05) is 6.92 Å². The van der Waals surface area contributed by atoms with Crippen molar-refractivity contribution in [2.45, 2.75) is 38.1 Å². The Morgan fingerprint density at radius 3 is 2.78 bits per heavy atom. The normalized spacial score (nSPS) is 24.6. The summed E-state index contributed by atoms with van der Waals surface area (Å²) >= 11 is 0. The molecule has 1 N–H and O–H groups in total. The molecule has 3 nitrogen and oxygen atoms in total. The van der Waals surface area contributed by atoms with Gasteiger partial charge < -0.3 is 10.1 Å². The van der Waals surface area contributed by atoms with Gasteiger partial charge in [0.15, 0.2) is 5.78 Å². The van der Waals surface area contributed by atoms with Crippen LogP contribution in [0.2, 0.25) is 0 Å². The Morgan fingerprint density at radius 1 is 1.44 bits per heavy atom. The van der Waals surface area contributed by atoms with E-state index in [4.69, 9.17) is 4.74 Å². The maximum Gasteiger partial charge on any atom is 0.163 e. The van der Waals surface area contributed by atoms with Crippen molar-refractivity contribution < 1.29 is 9.53 Å². The van der Waals surface area contributed by atoms with E-state index in [1.807, 2.05) is 25.2 Å². The second-order valence-corrected chi connectivity index (χ2v) is 5.26. The van der Waals surface area contributed by atoms with E-state index in [9.17, 15) is 4.79 Å². The highest BCUT2D eigenvalue weighted by Crippen LogP contribution is 2.41. The Hall–Kier alpha value is -1.35. The summed E-state index contributed by atoms with van der Waals surface area (Å²) in [6.45, 7) is 4.39. The van der Waals surface area contributed by atoms with Crippen LogP contribution in [-0.2, 0) is 5.41 Å². The van der Waals surface area contributed by atoms with Crippen LogP contribution in [0.4, 0.5) is 0 Å². The summed E-state index contributed by atoms with van der Waals surface area (Å²) in [5.74, 6) is 1.06. The molecule has 0 aromatic heterocycles. The van der Waals surface area contributed by atoms with E-state index in [1.165, 1.54) is 0 Å². The third-order valence-corrected chi connectivity index (χ3v) is 4.40. The number of fused-ring (bicyclic) bond motifs is 1. The topological polar surface area (TPSA) is 38.3 Å². The number of ether oxygens (including phenoxy) is 1. The van der Waals surface area contributed by atoms with Gasteiger partial charge in [0.25, 0.3) is 0 Å². The summed E-state index contributed by atoms with van der Waals surface area (Å²) in [6, 6.07) is 6.10. The first kappa shape index (κ1) is 13.1. The number of hydrogen-bond acceptors (Lipinski definition) is 3. The number of benzene rings is 1. The Balaban J connectivity index is 2.57. The highest BCUT2D eigenvalue weighted by Gasteiger charge is 2.39. The van der Waals surface area contributed by atoms with Crippen molar-refractivity contribution in [1.82, 2.24) is 5.32 Å². The number of methoxy groups -OCH3 is 1. The van der Waals surface area contributed by atoms with Gasteiger partial charge in [-0.2, -0.15) is 0 Å². The lowest BCUT2D eigenvalue weighted by Crippen LogP contribution is -2.46. The highest BCUT2D eigenvalue weighted by molar-refractivity contribution is 5.99. The number of rotatable bonds is 3. The van der Waals surface area contributed by atoms with Crippen molar-refractivity contribution in [2.24, 2.45) is 0 Å². The summed E-state index contributed by atoms with van der Waals surface area (Å²) in [4.78, 5) is 12.0. The van der Waals surface area contributed by atoms with Crippen molar-refractivity contribution in [1.29, 1.82) is 0 Å². The fourth-order valence-electron chi connectivity index (χ4n) is 2.78. The van der Waals surface area contributed by atoms with Gasteiger partial charge in [-0.3, -0.25) is 4.79 Å². The average molecular weight is 247 g/mol. The van der Waals surface area contributed by atoms with E-state index >= 15 is 0 Å². The standard InChI is InChI=1S/C15H21NO2/c1-10(16-3)15(2)8-7-14(17)12-6-5-11(18-4)9-13(12)15/h5-6,9-10,16H,7-8H2,1-4H3. The van der Waals surface area contributed by atoms with Gasteiger partial charge >= 0.3 is 0 Å². The summed E-state index contributed by atoms with van der Waals surface area (Å²) in [7, 11) is 3.62. The van der Waals surface area contributed by atoms with Crippen molar-refractivity contribution in [3.05, 3.63) is 29.3 Å². The predicted octanol–water partition coefficient (Wildman–Crippen LogP) is 2.54. The quantitative estimate of drug-likeness (QED) is 0.892. The summed E-state index contributed by atoms with van der Waals surface area (Å²) in [6.07, 6.45) is 1.51. The maximum atomic E-state index is 12.0. The first-order valence-electron chi connectivity index (χ1n) is 6.42. The summed E-state index contributed by atoms with van der Waals surface area (Å²) in [5, 5.41) is 3.32. The smallest absolute Gasteiger partial charge is 0.163 e. The largest absolute Gasteiger partial charge is 0.497 e. The Bertz CT molecular complexity index is 470. The van der Waals surface area contributed by atoms with Crippen LogP contribution in [0.25, 0.3) is 0 Å². The monoisotopic (exact) mass is 247 g/mol. The highest BCUT2D eigenvalue weighted by atomic mass is 16.5. The minimum Gasteiger partial charge on any atom is -0.497 e. The third kappa shape index (κ3) is 1.93. The molecule has 0 fully saturated rings. The lowest BCUT2D eigenvalue weighted by Gasteiger charge is -2.40. The fourth-order valence-corrected chi connectivity index (χ4v) is 2.78. The Labute approximate surface area is 109 Å². The van der Waals surface area contributed by atoms with Crippen LogP contribution >= 0.6 is 0 Å². The van der Waals surface area contributed by atoms with Crippen LogP contribution in [0, 0.1) is 0 Å². The van der Waals surface area contributed by atoms with Crippen LogP contribution in [0.3, 0.4) is 0 Å². The SMILES string of the molecule is CNC(C)C1(C)CCC(=O)c2ccc(OC)cc21. The molecule has 1 aliphatic rings. The van der Waals surface area contributed by atoms with Crippen molar-refractivity contribution in [2.75, 3.05) is 14.2 Å². The summed E-state index contributed by atoms with van der Waals surface area (Å²) < 4.78 is 5.29. The molecular formula is C15H21NO2. The predicted molar refractivity (Wildman–Crippen MR) is 72.4 cm³/mol. The van der Waals surface area contributed by atoms with Gasteiger partial charge in [0.05, 0.1) is 7.11 Å². The average Bonchev–Trinajstić information content (AvgIpc) is 2.41. The molecule has 0 heterocycles. The zero-order chi connectivity index (χ0) is 13.3. The lowest BCUT2D eigenvalue weighted by molar-refractivity contribution is 0.0947. The number of ketones is 1. The maximum absolute atomic E-state index is 12.0. The lowest BCUT2D eigenvalue weighted by atomic mass is 9.67. The zero-order valence-electron chi connectivity index (χ0n) is 11.5. The Morgan fingerprint density at radius 2 is 2.17 bits per heavy atom. The van der Waals surface area contributed by atoms with Crippen LogP contribution in [0.15, 0.2) is 18.2 Å². The number of hydrogen-bond donors (Lipinski definition) is 1. The molecule has 1 aromatic carbocycles. The van der Waals surface area contributed by atoms with Gasteiger partial charge in [-0.05, 0) is 44.2 Å². The molecule has 2 atom stereocenters. The number of likely N-dealkylation sites (N-methyl/N-ethyl adjacent to an activating group) is 1. The second-order valence-electron chi connectivity index (χ2n) is 5.26. The first-order chi connectivity index (χ1) is 8.52. The third-order valence-electron chi connectivity index (χ3n) is 4.40. The molecule has 0 amide bonds. The van der Waals surface area contributed by atoms with E-state index < -0.39 is 0 Å². The number of carbonyl (C=O) groups excluding carboxylic acids is 1. The number of Topliss-reactive ketones (excluding diaryl/α,β-unsaturated/α-hetero) is 1. The molecule has 0 radical (unpaired) electrons. The van der Waals surface area contributed by atoms with E-state index in [-0.39, 0.29) is 11.2 Å². The minimum absolute atomic E-state index is 0.0213. The van der Waals surface area contributed by atoms with Gasteiger partial charge in [0.2, 0.25) is 0 Å². The van der Waals surface area contributed by atoms with Crippen molar-refractivity contribution in [3.63, 3.8) is 0 Å². The number of nitrogens with one attached hydrogen (secondary N) is 1. The molecule has 2 unspecified atom stereocenters. The van der Waals surface area contributed by atoms with Crippen molar-refractivity contribution in [3.8, 4) is 5.75 Å². The summed E-state index contributed by atoms with van der Waals surface area (Å²) in [5.41, 5.74) is 1.94. The van der Waals surface area contributed by atoms with E-state index in [0.29, 0.717) is 12.5 Å². The molecule has 0 saturated heterocycles. The van der Waals surface area contributed by atoms with Gasteiger partial charge in [-0.25, -0.2) is 0 Å². The molecule has 18 heavy (non-hydrogen) atoms. The molecule has 1 aromatic rings. The molecule has 98 valence electrons.